The average Bonchev–Trinajstić information content (AvgIpc) is 3.35. The fraction of sp³-hybridized carbons (Fsp3) is 0.0909. The van der Waals surface area contributed by atoms with Crippen LogP contribution in [0.4, 0.5) is 0 Å². The summed E-state index contributed by atoms with van der Waals surface area (Å²) in [6, 6.07) is 22.2. The van der Waals surface area contributed by atoms with Gasteiger partial charge < -0.3 is 0 Å². The van der Waals surface area contributed by atoms with Gasteiger partial charge in [0.15, 0.2) is 0 Å². The molecule has 0 spiro atoms. The lowest BCUT2D eigenvalue weighted by atomic mass is 10.1. The van der Waals surface area contributed by atoms with Crippen molar-refractivity contribution in [2.45, 2.75) is 23.6 Å². The molecule has 0 atom stereocenters. The minimum Gasteiger partial charge on any atom is -0.144 e. The van der Waals surface area contributed by atoms with Crippen molar-refractivity contribution in [3.63, 3.8) is 0 Å². The molecule has 0 radical (unpaired) electrons. The Labute approximate surface area is 170 Å². The zero-order chi connectivity index (χ0) is 17.9. The molecule has 130 valence electrons. The van der Waals surface area contributed by atoms with Crippen molar-refractivity contribution in [3.8, 4) is 20.9 Å². The predicted molar refractivity (Wildman–Crippen MR) is 121 cm³/mol. The maximum Gasteiger partial charge on any atom is 0.0354 e. The summed E-state index contributed by atoms with van der Waals surface area (Å²) in [6.45, 7) is 4.32. The Morgan fingerprint density at radius 1 is 0.615 bits per heavy atom. The van der Waals surface area contributed by atoms with Gasteiger partial charge in [0.1, 0.15) is 0 Å². The highest BCUT2D eigenvalue weighted by atomic mass is 33.1. The molecule has 2 aromatic heterocycles. The van der Waals surface area contributed by atoms with E-state index in [-0.39, 0.29) is 0 Å². The second-order valence-electron chi connectivity index (χ2n) is 6.12. The average molecular weight is 411 g/mol. The van der Waals surface area contributed by atoms with Crippen molar-refractivity contribution in [1.29, 1.82) is 0 Å². The Kier molecular flexibility index (Phi) is 5.55. The van der Waals surface area contributed by atoms with E-state index >= 15 is 0 Å². The van der Waals surface area contributed by atoms with Gasteiger partial charge in [-0.05, 0) is 61.0 Å². The van der Waals surface area contributed by atoms with Crippen molar-refractivity contribution in [2.24, 2.45) is 0 Å². The van der Waals surface area contributed by atoms with E-state index in [2.05, 4.69) is 85.3 Å². The van der Waals surface area contributed by atoms with Crippen LogP contribution in [-0.2, 0) is 0 Å². The Bertz CT molecular complexity index is 915. The minimum atomic E-state index is 1.30. The minimum absolute atomic E-state index is 1.30. The smallest absolute Gasteiger partial charge is 0.0354 e. The summed E-state index contributed by atoms with van der Waals surface area (Å²) in [5.41, 5.74) is 5.28. The summed E-state index contributed by atoms with van der Waals surface area (Å²) in [5.74, 6) is 0. The van der Waals surface area contributed by atoms with Gasteiger partial charge in [0.05, 0.1) is 0 Å². The first-order valence-corrected chi connectivity index (χ1v) is 12.3. The number of hydrogen-bond acceptors (Lipinski definition) is 4. The van der Waals surface area contributed by atoms with Gasteiger partial charge in [0.25, 0.3) is 0 Å². The van der Waals surface area contributed by atoms with Gasteiger partial charge in [-0.3, -0.25) is 0 Å². The predicted octanol–water partition coefficient (Wildman–Crippen LogP) is 8.56. The molecule has 0 bridgehead atoms. The van der Waals surface area contributed by atoms with Crippen molar-refractivity contribution in [3.05, 3.63) is 82.6 Å². The first-order chi connectivity index (χ1) is 12.7. The molecule has 4 heteroatoms. The van der Waals surface area contributed by atoms with E-state index in [1.807, 2.05) is 21.6 Å². The van der Waals surface area contributed by atoms with Crippen LogP contribution in [0.15, 0.2) is 81.2 Å². The van der Waals surface area contributed by atoms with Gasteiger partial charge in [-0.1, -0.05) is 57.0 Å². The second kappa shape index (κ2) is 8.05. The molecule has 0 saturated heterocycles. The normalized spacial score (nSPS) is 11.0. The third kappa shape index (κ3) is 3.94. The van der Waals surface area contributed by atoms with E-state index in [0.717, 1.165) is 0 Å². The van der Waals surface area contributed by atoms with Gasteiger partial charge in [0, 0.05) is 30.7 Å². The quantitative estimate of drug-likeness (QED) is 0.302. The lowest BCUT2D eigenvalue weighted by Crippen LogP contribution is -1.83. The highest BCUT2D eigenvalue weighted by Crippen LogP contribution is 2.46. The zero-order valence-electron chi connectivity index (χ0n) is 14.6. The van der Waals surface area contributed by atoms with Crippen LogP contribution < -0.4 is 0 Å². The molecule has 0 aliphatic carbocycles. The molecule has 0 nitrogen and oxygen atoms in total. The van der Waals surface area contributed by atoms with E-state index in [1.165, 1.54) is 41.8 Å². The largest absolute Gasteiger partial charge is 0.144 e. The number of hydrogen-bond donors (Lipinski definition) is 0. The van der Waals surface area contributed by atoms with Crippen LogP contribution in [0.5, 0.6) is 0 Å². The van der Waals surface area contributed by atoms with Crippen LogP contribution >= 0.6 is 44.3 Å². The second-order valence-corrected chi connectivity index (χ2v) is 10.2. The first-order valence-electron chi connectivity index (χ1n) is 8.34. The van der Waals surface area contributed by atoms with E-state index in [9.17, 15) is 0 Å². The maximum atomic E-state index is 2.30. The van der Waals surface area contributed by atoms with Crippen molar-refractivity contribution in [1.82, 2.24) is 0 Å². The highest BCUT2D eigenvalue weighted by Gasteiger charge is 2.12. The van der Waals surface area contributed by atoms with Gasteiger partial charge >= 0.3 is 0 Å². The summed E-state index contributed by atoms with van der Waals surface area (Å²) in [6.07, 6.45) is 0. The van der Waals surface area contributed by atoms with Crippen LogP contribution in [0.1, 0.15) is 11.1 Å². The number of thiophene rings is 2. The third-order valence-corrected chi connectivity index (χ3v) is 8.35. The molecule has 0 aliphatic rings. The first kappa shape index (κ1) is 17.9. The van der Waals surface area contributed by atoms with Crippen LogP contribution in [0.3, 0.4) is 0 Å². The highest BCUT2D eigenvalue weighted by molar-refractivity contribution is 8.76. The van der Waals surface area contributed by atoms with Crippen LogP contribution in [0.25, 0.3) is 20.9 Å². The van der Waals surface area contributed by atoms with Crippen LogP contribution in [-0.4, -0.2) is 0 Å². The fourth-order valence-corrected chi connectivity index (χ4v) is 6.77. The third-order valence-electron chi connectivity index (χ3n) is 4.06. The molecule has 26 heavy (non-hydrogen) atoms. The van der Waals surface area contributed by atoms with Gasteiger partial charge in [-0.25, -0.2) is 0 Å². The van der Waals surface area contributed by atoms with Crippen molar-refractivity contribution < 1.29 is 0 Å². The summed E-state index contributed by atoms with van der Waals surface area (Å²) in [7, 11) is 3.70. The SMILES string of the molecule is Cc1ccc(SSc2ccc(C)cc2-c2cccs2)c(-c2cccs2)c1. The molecule has 0 unspecified atom stereocenters. The molecule has 4 aromatic rings. The molecule has 0 N–H and O–H groups in total. The Balaban J connectivity index is 1.65. The molecular formula is C22H18S4. The van der Waals surface area contributed by atoms with Gasteiger partial charge in [-0.2, -0.15) is 0 Å². The summed E-state index contributed by atoms with van der Waals surface area (Å²) in [5, 5.41) is 4.29. The standard InChI is InChI=1S/C22H18S4/c1-15-7-9-21(17(13-15)19-5-3-11-23-19)25-26-22-10-8-16(2)14-18(22)20-6-4-12-24-20/h3-14H,1-2H3. The maximum absolute atomic E-state index is 2.30. The molecule has 0 fully saturated rings. The molecule has 0 saturated carbocycles. The molecule has 0 amide bonds. The fourth-order valence-electron chi connectivity index (χ4n) is 2.77. The van der Waals surface area contributed by atoms with Crippen molar-refractivity contribution in [2.75, 3.05) is 0 Å². The topological polar surface area (TPSA) is 0 Å². The van der Waals surface area contributed by atoms with Gasteiger partial charge in [0.2, 0.25) is 0 Å². The van der Waals surface area contributed by atoms with Crippen molar-refractivity contribution >= 4 is 44.3 Å². The molecular weight excluding hydrogens is 393 g/mol. The molecule has 0 aliphatic heterocycles. The Morgan fingerprint density at radius 2 is 1.08 bits per heavy atom. The summed E-state index contributed by atoms with van der Waals surface area (Å²) >= 11 is 3.61. The number of benzene rings is 2. The van der Waals surface area contributed by atoms with E-state index in [1.54, 1.807) is 22.7 Å². The van der Waals surface area contributed by atoms with Gasteiger partial charge in [-0.15, -0.1) is 22.7 Å². The van der Waals surface area contributed by atoms with E-state index < -0.39 is 0 Å². The van der Waals surface area contributed by atoms with E-state index in [0.29, 0.717) is 0 Å². The van der Waals surface area contributed by atoms with E-state index in [4.69, 9.17) is 0 Å². The monoisotopic (exact) mass is 410 g/mol. The number of aryl methyl sites for hydroxylation is 2. The summed E-state index contributed by atoms with van der Waals surface area (Å²) in [4.78, 5) is 5.31. The zero-order valence-corrected chi connectivity index (χ0v) is 17.8. The molecule has 2 heterocycles. The lowest BCUT2D eigenvalue weighted by Gasteiger charge is -2.11. The molecule has 4 rings (SSSR count). The number of rotatable bonds is 5. The van der Waals surface area contributed by atoms with Crippen LogP contribution in [0, 0.1) is 13.8 Å². The van der Waals surface area contributed by atoms with Crippen LogP contribution in [0.2, 0.25) is 0 Å². The molecule has 2 aromatic carbocycles. The lowest BCUT2D eigenvalue weighted by molar-refractivity contribution is 1.38. The Hall–Kier alpha value is -1.46. The Morgan fingerprint density at radius 3 is 1.46 bits per heavy atom. The summed E-state index contributed by atoms with van der Waals surface area (Å²) < 4.78 is 0.